The molecule has 0 saturated carbocycles. The molecule has 0 aliphatic heterocycles. The maximum atomic E-state index is 12.2. The summed E-state index contributed by atoms with van der Waals surface area (Å²) >= 11 is 0. The highest BCUT2D eigenvalue weighted by molar-refractivity contribution is 5.99. The maximum Gasteiger partial charge on any atom is 0.253 e. The van der Waals surface area contributed by atoms with E-state index in [1.807, 2.05) is 12.1 Å². The van der Waals surface area contributed by atoms with Gasteiger partial charge in [0.1, 0.15) is 0 Å². The monoisotopic (exact) mass is 363 g/mol. The lowest BCUT2D eigenvalue weighted by Gasteiger charge is -2.31. The minimum atomic E-state index is -0.0889. The number of nitrogens with zero attached hydrogens (tertiary/aromatic N) is 1. The summed E-state index contributed by atoms with van der Waals surface area (Å²) < 4.78 is 0. The first-order valence-electron chi connectivity index (χ1n) is 7.86. The zero-order valence-electron chi connectivity index (χ0n) is 14.5. The van der Waals surface area contributed by atoms with Crippen LogP contribution in [0.2, 0.25) is 0 Å². The first-order valence-corrected chi connectivity index (χ1v) is 7.86. The number of anilines is 1. The van der Waals surface area contributed by atoms with Gasteiger partial charge in [0, 0.05) is 18.3 Å². The molecule has 1 unspecified atom stereocenters. The zero-order chi connectivity index (χ0) is 15.8. The van der Waals surface area contributed by atoms with Gasteiger partial charge in [-0.1, -0.05) is 39.8 Å². The molecule has 3 N–H and O–H groups in total. The van der Waals surface area contributed by atoms with E-state index in [1.54, 1.807) is 12.1 Å². The predicted molar refractivity (Wildman–Crippen MR) is 104 cm³/mol. The molecule has 1 rings (SSSR count). The second-order valence-corrected chi connectivity index (χ2v) is 5.80. The molecule has 0 aliphatic rings. The molecule has 0 spiro atoms. The number of hydrogen-bond acceptors (Lipinski definition) is 3. The first-order chi connectivity index (χ1) is 9.99. The summed E-state index contributed by atoms with van der Waals surface area (Å²) in [5.74, 6) is 0.517. The van der Waals surface area contributed by atoms with Crippen LogP contribution in [0.1, 0.15) is 44.5 Å². The molecule has 1 aromatic rings. The molecule has 1 atom stereocenters. The summed E-state index contributed by atoms with van der Waals surface area (Å²) in [5.41, 5.74) is 6.93. The van der Waals surface area contributed by atoms with Crippen molar-refractivity contribution in [3.05, 3.63) is 29.8 Å². The van der Waals surface area contributed by atoms with Crippen LogP contribution >= 0.6 is 24.8 Å². The van der Waals surface area contributed by atoms with Crippen LogP contribution < -0.4 is 11.1 Å². The molecule has 6 heteroatoms. The maximum absolute atomic E-state index is 12.2. The van der Waals surface area contributed by atoms with Crippen LogP contribution in [0.4, 0.5) is 5.69 Å². The minimum absolute atomic E-state index is 0. The number of halogens is 2. The highest BCUT2D eigenvalue weighted by Crippen LogP contribution is 2.13. The van der Waals surface area contributed by atoms with Gasteiger partial charge in [-0.3, -0.25) is 9.69 Å². The summed E-state index contributed by atoms with van der Waals surface area (Å²) in [6.07, 6.45) is 1.08. The number of para-hydroxylation sites is 1. The van der Waals surface area contributed by atoms with Crippen molar-refractivity contribution >= 4 is 36.4 Å². The lowest BCUT2D eigenvalue weighted by atomic mass is 10.0. The number of carbonyl (C=O) groups is 1. The highest BCUT2D eigenvalue weighted by atomic mass is 35.5. The minimum Gasteiger partial charge on any atom is -0.398 e. The van der Waals surface area contributed by atoms with Gasteiger partial charge in [0.05, 0.1) is 5.56 Å². The second kappa shape index (κ2) is 12.5. The predicted octanol–water partition coefficient (Wildman–Crippen LogP) is 3.60. The third-order valence-corrected chi connectivity index (χ3v) is 3.78. The number of nitrogen functional groups attached to an aromatic ring is 1. The molecular weight excluding hydrogens is 333 g/mol. The molecule has 0 aliphatic carbocycles. The van der Waals surface area contributed by atoms with Crippen molar-refractivity contribution in [1.29, 1.82) is 0 Å². The SMILES string of the molecule is CCN(CC)C(CNC(=O)c1ccccc1N)CC(C)C.Cl.Cl. The Bertz CT molecular complexity index is 451. The van der Waals surface area contributed by atoms with Crippen LogP contribution in [0.25, 0.3) is 0 Å². The Morgan fingerprint density at radius 1 is 1.17 bits per heavy atom. The van der Waals surface area contributed by atoms with E-state index in [0.29, 0.717) is 29.8 Å². The largest absolute Gasteiger partial charge is 0.398 e. The summed E-state index contributed by atoms with van der Waals surface area (Å²) in [5, 5.41) is 3.03. The van der Waals surface area contributed by atoms with Gasteiger partial charge in [0.2, 0.25) is 0 Å². The molecule has 134 valence electrons. The van der Waals surface area contributed by atoms with Crippen LogP contribution in [-0.4, -0.2) is 36.5 Å². The Labute approximate surface area is 153 Å². The average molecular weight is 364 g/mol. The van der Waals surface area contributed by atoms with Crippen molar-refractivity contribution in [2.75, 3.05) is 25.4 Å². The number of carbonyl (C=O) groups excluding carboxylic acids is 1. The zero-order valence-corrected chi connectivity index (χ0v) is 16.2. The van der Waals surface area contributed by atoms with Crippen molar-refractivity contribution in [2.24, 2.45) is 5.92 Å². The number of nitrogens with two attached hydrogens (primary N) is 1. The quantitative estimate of drug-likeness (QED) is 0.693. The lowest BCUT2D eigenvalue weighted by Crippen LogP contribution is -2.44. The highest BCUT2D eigenvalue weighted by Gasteiger charge is 2.18. The van der Waals surface area contributed by atoms with Gasteiger partial charge in [0.25, 0.3) is 5.91 Å². The van der Waals surface area contributed by atoms with Crippen molar-refractivity contribution < 1.29 is 4.79 Å². The fourth-order valence-corrected chi connectivity index (χ4v) is 2.66. The normalized spacial score (nSPS) is 11.6. The Balaban J connectivity index is 0. The van der Waals surface area contributed by atoms with Crippen molar-refractivity contribution in [3.63, 3.8) is 0 Å². The number of hydrogen-bond donors (Lipinski definition) is 2. The van der Waals surface area contributed by atoms with Crippen LogP contribution in [0, 0.1) is 5.92 Å². The molecule has 1 aromatic carbocycles. The number of likely N-dealkylation sites (N-methyl/N-ethyl adjacent to an activating group) is 1. The van der Waals surface area contributed by atoms with Crippen LogP contribution in [0.3, 0.4) is 0 Å². The molecule has 4 nitrogen and oxygen atoms in total. The van der Waals surface area contributed by atoms with Gasteiger partial charge in [0.15, 0.2) is 0 Å². The lowest BCUT2D eigenvalue weighted by molar-refractivity contribution is 0.0930. The van der Waals surface area contributed by atoms with E-state index in [4.69, 9.17) is 5.73 Å². The number of nitrogens with one attached hydrogen (secondary N) is 1. The molecule has 0 bridgehead atoms. The van der Waals surface area contributed by atoms with Crippen LogP contribution in [0.15, 0.2) is 24.3 Å². The average Bonchev–Trinajstić information content (AvgIpc) is 2.45. The van der Waals surface area contributed by atoms with Gasteiger partial charge in [-0.25, -0.2) is 0 Å². The van der Waals surface area contributed by atoms with Crippen LogP contribution in [-0.2, 0) is 0 Å². The van der Waals surface area contributed by atoms with Gasteiger partial charge in [-0.15, -0.1) is 24.8 Å². The summed E-state index contributed by atoms with van der Waals surface area (Å²) in [6.45, 7) is 11.4. The summed E-state index contributed by atoms with van der Waals surface area (Å²) in [6, 6.07) is 7.56. The van der Waals surface area contributed by atoms with Gasteiger partial charge in [-0.05, 0) is 37.6 Å². The van der Waals surface area contributed by atoms with E-state index in [1.165, 1.54) is 0 Å². The molecule has 0 aromatic heterocycles. The van der Waals surface area contributed by atoms with Crippen LogP contribution in [0.5, 0.6) is 0 Å². The Morgan fingerprint density at radius 2 is 1.74 bits per heavy atom. The van der Waals surface area contributed by atoms with Crippen molar-refractivity contribution in [1.82, 2.24) is 10.2 Å². The summed E-state index contributed by atoms with van der Waals surface area (Å²) in [7, 11) is 0. The third kappa shape index (κ3) is 7.91. The van der Waals surface area contributed by atoms with Gasteiger partial charge in [-0.2, -0.15) is 0 Å². The van der Waals surface area contributed by atoms with Crippen molar-refractivity contribution in [3.8, 4) is 0 Å². The van der Waals surface area contributed by atoms with Gasteiger partial charge >= 0.3 is 0 Å². The standard InChI is InChI=1S/C17H29N3O.2ClH/c1-5-20(6-2)14(11-13(3)4)12-19-17(21)15-9-7-8-10-16(15)18;;/h7-10,13-14H,5-6,11-12,18H2,1-4H3,(H,19,21);2*1H. The van der Waals surface area contributed by atoms with E-state index >= 15 is 0 Å². The molecule has 0 heterocycles. The topological polar surface area (TPSA) is 58.4 Å². The van der Waals surface area contributed by atoms with Crippen molar-refractivity contribution in [2.45, 2.75) is 40.2 Å². The molecular formula is C17H31Cl2N3O. The molecule has 0 radical (unpaired) electrons. The fourth-order valence-electron chi connectivity index (χ4n) is 2.66. The number of rotatable bonds is 8. The summed E-state index contributed by atoms with van der Waals surface area (Å²) in [4.78, 5) is 14.6. The van der Waals surface area contributed by atoms with E-state index in [-0.39, 0.29) is 30.7 Å². The molecule has 1 amide bonds. The van der Waals surface area contributed by atoms with Gasteiger partial charge < -0.3 is 11.1 Å². The smallest absolute Gasteiger partial charge is 0.253 e. The first kappa shape index (κ1) is 24.3. The molecule has 0 saturated heterocycles. The Kier molecular flexibility index (Phi) is 13.1. The van der Waals surface area contributed by atoms with E-state index in [0.717, 1.165) is 19.5 Å². The van der Waals surface area contributed by atoms with E-state index in [9.17, 15) is 4.79 Å². The van der Waals surface area contributed by atoms with E-state index in [2.05, 4.69) is 37.9 Å². The molecule has 0 fully saturated rings. The van der Waals surface area contributed by atoms with E-state index < -0.39 is 0 Å². The number of amides is 1. The fraction of sp³-hybridized carbons (Fsp3) is 0.588. The Hall–Kier alpha value is -0.970. The molecule has 23 heavy (non-hydrogen) atoms. The third-order valence-electron chi connectivity index (χ3n) is 3.78. The number of benzene rings is 1. The Morgan fingerprint density at radius 3 is 2.22 bits per heavy atom. The second-order valence-electron chi connectivity index (χ2n) is 5.80.